The van der Waals surface area contributed by atoms with E-state index in [2.05, 4.69) is 5.32 Å². The number of carbonyl (C=O) groups is 1. The molecular weight excluding hydrogens is 258 g/mol. The number of ether oxygens (including phenoxy) is 2. The summed E-state index contributed by atoms with van der Waals surface area (Å²) in [7, 11) is 3.09. The zero-order valence-electron chi connectivity index (χ0n) is 10.3. The third kappa shape index (κ3) is 4.09. The molecule has 1 aromatic rings. The molecule has 0 aliphatic heterocycles. The number of nitrogens with one attached hydrogen (secondary N) is 1. The van der Waals surface area contributed by atoms with Gasteiger partial charge in [0.25, 0.3) is 0 Å². The highest BCUT2D eigenvalue weighted by Gasteiger charge is 2.11. The van der Waals surface area contributed by atoms with Crippen molar-refractivity contribution in [3.8, 4) is 11.5 Å². The molecule has 0 bridgehead atoms. The molecule has 0 aliphatic rings. The molecular formula is C12H16ClNO4. The van der Waals surface area contributed by atoms with Crippen LogP contribution in [0.25, 0.3) is 0 Å². The average Bonchev–Trinajstić information content (AvgIpc) is 2.33. The van der Waals surface area contributed by atoms with Crippen molar-refractivity contribution in [2.24, 2.45) is 0 Å². The second kappa shape index (κ2) is 7.08. The number of benzene rings is 1. The average molecular weight is 274 g/mol. The molecule has 1 aromatic carbocycles. The highest BCUT2D eigenvalue weighted by Crippen LogP contribution is 2.34. The van der Waals surface area contributed by atoms with Gasteiger partial charge in [-0.05, 0) is 6.07 Å². The monoisotopic (exact) mass is 273 g/mol. The van der Waals surface area contributed by atoms with Crippen molar-refractivity contribution in [3.63, 3.8) is 0 Å². The maximum atomic E-state index is 10.4. The van der Waals surface area contributed by atoms with Gasteiger partial charge >= 0.3 is 5.97 Å². The van der Waals surface area contributed by atoms with Crippen molar-refractivity contribution < 1.29 is 19.4 Å². The number of rotatable bonds is 7. The maximum absolute atomic E-state index is 10.4. The molecule has 0 aromatic heterocycles. The Balaban J connectivity index is 2.74. The summed E-state index contributed by atoms with van der Waals surface area (Å²) in [5, 5.41) is 12.1. The van der Waals surface area contributed by atoms with Crippen molar-refractivity contribution >= 4 is 17.6 Å². The second-order valence-corrected chi connectivity index (χ2v) is 4.06. The zero-order chi connectivity index (χ0) is 13.5. The molecule has 1 rings (SSSR count). The van der Waals surface area contributed by atoms with E-state index in [4.69, 9.17) is 26.2 Å². The van der Waals surface area contributed by atoms with Crippen LogP contribution in [0.1, 0.15) is 12.0 Å². The fourth-order valence-corrected chi connectivity index (χ4v) is 1.79. The predicted octanol–water partition coefficient (Wildman–Crippen LogP) is 1.92. The summed E-state index contributed by atoms with van der Waals surface area (Å²) in [5.74, 6) is 0.322. The molecule has 0 amide bonds. The van der Waals surface area contributed by atoms with E-state index in [0.717, 1.165) is 5.56 Å². The molecule has 18 heavy (non-hydrogen) atoms. The van der Waals surface area contributed by atoms with Crippen LogP contribution in [-0.4, -0.2) is 31.8 Å². The lowest BCUT2D eigenvalue weighted by Gasteiger charge is -2.13. The van der Waals surface area contributed by atoms with E-state index in [0.29, 0.717) is 29.6 Å². The van der Waals surface area contributed by atoms with Crippen LogP contribution in [0.2, 0.25) is 5.02 Å². The Bertz CT molecular complexity index is 423. The van der Waals surface area contributed by atoms with Gasteiger partial charge in [0.05, 0.1) is 20.6 Å². The number of halogens is 1. The molecule has 100 valence electrons. The first-order chi connectivity index (χ1) is 8.58. The normalized spacial score (nSPS) is 10.2. The van der Waals surface area contributed by atoms with Gasteiger partial charge in [-0.15, -0.1) is 0 Å². The first-order valence-corrected chi connectivity index (χ1v) is 5.79. The highest BCUT2D eigenvalue weighted by atomic mass is 35.5. The third-order valence-electron chi connectivity index (χ3n) is 2.35. The Hall–Kier alpha value is -1.46. The Morgan fingerprint density at radius 1 is 1.39 bits per heavy atom. The number of aliphatic carboxylic acids is 1. The minimum Gasteiger partial charge on any atom is -0.493 e. The molecule has 0 unspecified atom stereocenters. The third-order valence-corrected chi connectivity index (χ3v) is 2.57. The van der Waals surface area contributed by atoms with E-state index in [1.807, 2.05) is 0 Å². The number of hydrogen-bond acceptors (Lipinski definition) is 4. The van der Waals surface area contributed by atoms with Crippen LogP contribution in [0.15, 0.2) is 12.1 Å². The molecule has 2 N–H and O–H groups in total. The summed E-state index contributed by atoms with van der Waals surface area (Å²) in [6.07, 6.45) is 0.0695. The molecule has 0 fully saturated rings. The van der Waals surface area contributed by atoms with Gasteiger partial charge in [0.1, 0.15) is 0 Å². The van der Waals surface area contributed by atoms with E-state index in [1.165, 1.54) is 7.11 Å². The maximum Gasteiger partial charge on any atom is 0.304 e. The van der Waals surface area contributed by atoms with Gasteiger partial charge in [-0.1, -0.05) is 11.6 Å². The lowest BCUT2D eigenvalue weighted by Crippen LogP contribution is -2.18. The van der Waals surface area contributed by atoms with Crippen LogP contribution in [0.3, 0.4) is 0 Å². The van der Waals surface area contributed by atoms with Gasteiger partial charge in [0.15, 0.2) is 11.5 Å². The van der Waals surface area contributed by atoms with Crippen LogP contribution in [0.5, 0.6) is 11.5 Å². The standard InChI is InChI=1S/C12H16ClNO4/c1-17-10-6-9(13)5-8(12(10)18-2)7-14-4-3-11(15)16/h5-6,14H,3-4,7H2,1-2H3,(H,15,16). The topological polar surface area (TPSA) is 67.8 Å². The molecule has 0 saturated carbocycles. The van der Waals surface area contributed by atoms with Gasteiger partial charge in [0, 0.05) is 29.7 Å². The summed E-state index contributed by atoms with van der Waals surface area (Å²) in [5.41, 5.74) is 0.826. The van der Waals surface area contributed by atoms with Gasteiger partial charge in [-0.3, -0.25) is 4.79 Å². The van der Waals surface area contributed by atoms with Crippen molar-refractivity contribution in [1.82, 2.24) is 5.32 Å². The van der Waals surface area contributed by atoms with Crippen LogP contribution >= 0.6 is 11.6 Å². The second-order valence-electron chi connectivity index (χ2n) is 3.62. The van der Waals surface area contributed by atoms with Crippen LogP contribution < -0.4 is 14.8 Å². The SMILES string of the molecule is COc1cc(Cl)cc(CNCCC(=O)O)c1OC. The fraction of sp³-hybridized carbons (Fsp3) is 0.417. The summed E-state index contributed by atoms with van der Waals surface area (Å²) in [6.45, 7) is 0.848. The minimum atomic E-state index is -0.835. The molecule has 0 heterocycles. The van der Waals surface area contributed by atoms with Crippen LogP contribution in [0.4, 0.5) is 0 Å². The number of carboxylic acid groups (broad SMARTS) is 1. The summed E-state index contributed by atoms with van der Waals surface area (Å²) in [4.78, 5) is 10.4. The largest absolute Gasteiger partial charge is 0.493 e. The first-order valence-electron chi connectivity index (χ1n) is 5.41. The fourth-order valence-electron chi connectivity index (χ4n) is 1.56. The minimum absolute atomic E-state index is 0.0695. The van der Waals surface area contributed by atoms with E-state index in [1.54, 1.807) is 19.2 Å². The molecule has 0 radical (unpaired) electrons. The number of methoxy groups -OCH3 is 2. The quantitative estimate of drug-likeness (QED) is 0.743. The number of hydrogen-bond donors (Lipinski definition) is 2. The Kier molecular flexibility index (Phi) is 5.74. The van der Waals surface area contributed by atoms with Crippen molar-refractivity contribution in [3.05, 3.63) is 22.7 Å². The first kappa shape index (κ1) is 14.6. The molecule has 5 nitrogen and oxygen atoms in total. The Labute approximate surface area is 111 Å². The zero-order valence-corrected chi connectivity index (χ0v) is 11.1. The number of carboxylic acids is 1. The molecule has 0 spiro atoms. The van der Waals surface area contributed by atoms with E-state index < -0.39 is 5.97 Å². The lowest BCUT2D eigenvalue weighted by molar-refractivity contribution is -0.136. The van der Waals surface area contributed by atoms with E-state index >= 15 is 0 Å². The van der Waals surface area contributed by atoms with Crippen molar-refractivity contribution in [2.45, 2.75) is 13.0 Å². The van der Waals surface area contributed by atoms with Crippen molar-refractivity contribution in [1.29, 1.82) is 0 Å². The molecule has 6 heteroatoms. The predicted molar refractivity (Wildman–Crippen MR) is 68.5 cm³/mol. The Morgan fingerprint density at radius 3 is 2.67 bits per heavy atom. The van der Waals surface area contributed by atoms with E-state index in [-0.39, 0.29) is 6.42 Å². The molecule has 0 aliphatic carbocycles. The smallest absolute Gasteiger partial charge is 0.304 e. The highest BCUT2D eigenvalue weighted by molar-refractivity contribution is 6.30. The Morgan fingerprint density at radius 2 is 2.11 bits per heavy atom. The van der Waals surface area contributed by atoms with Crippen molar-refractivity contribution in [2.75, 3.05) is 20.8 Å². The van der Waals surface area contributed by atoms with Crippen LogP contribution in [-0.2, 0) is 11.3 Å². The summed E-state index contributed by atoms with van der Waals surface area (Å²) >= 11 is 5.96. The van der Waals surface area contributed by atoms with Gasteiger partial charge in [0.2, 0.25) is 0 Å². The summed E-state index contributed by atoms with van der Waals surface area (Å²) < 4.78 is 10.4. The molecule has 0 saturated heterocycles. The van der Waals surface area contributed by atoms with Crippen LogP contribution in [0, 0.1) is 0 Å². The lowest BCUT2D eigenvalue weighted by atomic mass is 10.2. The van der Waals surface area contributed by atoms with Gasteiger partial charge < -0.3 is 19.9 Å². The van der Waals surface area contributed by atoms with Gasteiger partial charge in [-0.25, -0.2) is 0 Å². The summed E-state index contributed by atoms with van der Waals surface area (Å²) in [6, 6.07) is 3.43. The van der Waals surface area contributed by atoms with Gasteiger partial charge in [-0.2, -0.15) is 0 Å². The molecule has 0 atom stereocenters. The van der Waals surface area contributed by atoms with E-state index in [9.17, 15) is 4.79 Å².